The number of aromatic hydroxyl groups is 1. The second-order valence-corrected chi connectivity index (χ2v) is 3.32. The zero-order chi connectivity index (χ0) is 11.7. The summed E-state index contributed by atoms with van der Waals surface area (Å²) < 4.78 is 30.7. The molecular weight excluding hydrogens is 220 g/mol. The van der Waals surface area contributed by atoms with E-state index >= 15 is 0 Å². The van der Waals surface area contributed by atoms with Gasteiger partial charge in [0, 0.05) is 0 Å². The Morgan fingerprint density at radius 2 is 1.87 bits per heavy atom. The molecule has 0 unspecified atom stereocenters. The molecule has 0 spiro atoms. The standard InChI is InChI=1S/C6H6O.C3H4O4S/c7-6-4-2-1-3-5-6;1-2-3-7-8(4,5)6/h1-5,7H;1H,3H2,(H,4,5,6). The van der Waals surface area contributed by atoms with Gasteiger partial charge in [-0.15, -0.1) is 6.42 Å². The van der Waals surface area contributed by atoms with Crippen LogP contribution >= 0.6 is 0 Å². The fourth-order valence-corrected chi connectivity index (χ4v) is 0.753. The summed E-state index contributed by atoms with van der Waals surface area (Å²) in [6.07, 6.45) is 4.59. The fraction of sp³-hybridized carbons (Fsp3) is 0.111. The largest absolute Gasteiger partial charge is 0.508 e. The van der Waals surface area contributed by atoms with E-state index in [0.717, 1.165) is 0 Å². The van der Waals surface area contributed by atoms with Crippen molar-refractivity contribution in [2.45, 2.75) is 0 Å². The van der Waals surface area contributed by atoms with E-state index in [0.29, 0.717) is 5.75 Å². The van der Waals surface area contributed by atoms with Gasteiger partial charge >= 0.3 is 10.4 Å². The van der Waals surface area contributed by atoms with Crippen molar-refractivity contribution in [3.05, 3.63) is 30.3 Å². The zero-order valence-corrected chi connectivity index (χ0v) is 8.52. The van der Waals surface area contributed by atoms with Crippen molar-refractivity contribution < 1.29 is 22.3 Å². The maximum absolute atomic E-state index is 9.63. The van der Waals surface area contributed by atoms with E-state index in [9.17, 15) is 8.42 Å². The first-order valence-electron chi connectivity index (χ1n) is 3.75. The molecule has 1 aromatic carbocycles. The molecule has 1 rings (SSSR count). The Bertz CT molecular complexity index is 404. The van der Waals surface area contributed by atoms with Gasteiger partial charge < -0.3 is 5.11 Å². The number of para-hydroxylation sites is 1. The lowest BCUT2D eigenvalue weighted by atomic mass is 10.3. The van der Waals surface area contributed by atoms with Gasteiger partial charge in [0.2, 0.25) is 0 Å². The van der Waals surface area contributed by atoms with Crippen molar-refractivity contribution in [1.29, 1.82) is 0 Å². The van der Waals surface area contributed by atoms with E-state index < -0.39 is 17.0 Å². The first-order valence-corrected chi connectivity index (χ1v) is 5.11. The second kappa shape index (κ2) is 6.84. The lowest BCUT2D eigenvalue weighted by Crippen LogP contribution is -2.02. The number of hydrogen-bond donors (Lipinski definition) is 2. The van der Waals surface area contributed by atoms with Crippen LogP contribution in [0.1, 0.15) is 0 Å². The number of phenolic OH excluding ortho intramolecular Hbond substituents is 1. The van der Waals surface area contributed by atoms with Gasteiger partial charge in [0.15, 0.2) is 0 Å². The van der Waals surface area contributed by atoms with Gasteiger partial charge in [-0.1, -0.05) is 24.1 Å². The number of hydrogen-bond acceptors (Lipinski definition) is 4. The molecule has 0 bridgehead atoms. The Kier molecular flexibility index (Phi) is 6.13. The van der Waals surface area contributed by atoms with Gasteiger partial charge in [0.25, 0.3) is 0 Å². The van der Waals surface area contributed by atoms with Crippen molar-refractivity contribution in [2.75, 3.05) is 6.61 Å². The molecule has 6 heteroatoms. The minimum Gasteiger partial charge on any atom is -0.508 e. The van der Waals surface area contributed by atoms with Crippen molar-refractivity contribution in [3.63, 3.8) is 0 Å². The fourth-order valence-electron chi connectivity index (χ4n) is 0.536. The van der Waals surface area contributed by atoms with Crippen LogP contribution in [0.25, 0.3) is 0 Å². The van der Waals surface area contributed by atoms with Crippen molar-refractivity contribution in [3.8, 4) is 18.1 Å². The van der Waals surface area contributed by atoms with Crippen LogP contribution in [0.3, 0.4) is 0 Å². The molecule has 0 radical (unpaired) electrons. The summed E-state index contributed by atoms with van der Waals surface area (Å²) in [5.74, 6) is 2.18. The molecule has 0 fully saturated rings. The smallest absolute Gasteiger partial charge is 0.398 e. The highest BCUT2D eigenvalue weighted by Crippen LogP contribution is 2.02. The molecule has 0 heterocycles. The molecule has 2 N–H and O–H groups in total. The van der Waals surface area contributed by atoms with Gasteiger partial charge in [-0.3, -0.25) is 4.55 Å². The maximum atomic E-state index is 9.63. The molecule has 0 amide bonds. The zero-order valence-electron chi connectivity index (χ0n) is 7.70. The summed E-state index contributed by atoms with van der Waals surface area (Å²) in [7, 11) is -4.33. The Morgan fingerprint density at radius 3 is 2.07 bits per heavy atom. The van der Waals surface area contributed by atoms with Crippen LogP contribution in [0, 0.1) is 12.3 Å². The maximum Gasteiger partial charge on any atom is 0.398 e. The van der Waals surface area contributed by atoms with Crippen LogP contribution in [-0.4, -0.2) is 24.7 Å². The van der Waals surface area contributed by atoms with E-state index in [1.54, 1.807) is 24.3 Å². The number of terminal acetylenes is 1. The van der Waals surface area contributed by atoms with Crippen LogP contribution < -0.4 is 0 Å². The van der Waals surface area contributed by atoms with E-state index in [4.69, 9.17) is 9.66 Å². The van der Waals surface area contributed by atoms with E-state index in [1.165, 1.54) is 0 Å². The summed E-state index contributed by atoms with van der Waals surface area (Å²) in [5, 5.41) is 8.63. The lowest BCUT2D eigenvalue weighted by molar-refractivity contribution is 0.300. The highest BCUT2D eigenvalue weighted by Gasteiger charge is 1.99. The number of rotatable bonds is 2. The van der Waals surface area contributed by atoms with Crippen LogP contribution in [0.15, 0.2) is 30.3 Å². The molecule has 82 valence electrons. The highest BCUT2D eigenvalue weighted by atomic mass is 32.3. The van der Waals surface area contributed by atoms with Crippen molar-refractivity contribution >= 4 is 10.4 Å². The molecule has 5 nitrogen and oxygen atoms in total. The van der Waals surface area contributed by atoms with E-state index in [-0.39, 0.29) is 0 Å². The van der Waals surface area contributed by atoms with E-state index in [1.807, 2.05) is 12.0 Å². The van der Waals surface area contributed by atoms with Crippen LogP contribution in [-0.2, 0) is 14.6 Å². The minimum absolute atomic E-state index is 0.322. The Morgan fingerprint density at radius 1 is 1.33 bits per heavy atom. The normalized spacial score (nSPS) is 9.60. The SMILES string of the molecule is C#CCOS(=O)(=O)O.Oc1ccccc1. The predicted octanol–water partition coefficient (Wildman–Crippen LogP) is 0.831. The average Bonchev–Trinajstić information content (AvgIpc) is 2.16. The van der Waals surface area contributed by atoms with Gasteiger partial charge in [-0.05, 0) is 12.1 Å². The predicted molar refractivity (Wildman–Crippen MR) is 54.4 cm³/mol. The topological polar surface area (TPSA) is 83.8 Å². The summed E-state index contributed by atoms with van der Waals surface area (Å²) >= 11 is 0. The number of phenols is 1. The Balaban J connectivity index is 0.000000262. The van der Waals surface area contributed by atoms with Crippen molar-refractivity contribution in [1.82, 2.24) is 0 Å². The molecular formula is C9H10O5S. The second-order valence-electron chi connectivity index (χ2n) is 2.23. The Labute approximate surface area is 88.3 Å². The third-order valence-electron chi connectivity index (χ3n) is 1.05. The van der Waals surface area contributed by atoms with Crippen LogP contribution in [0.2, 0.25) is 0 Å². The third-order valence-corrected chi connectivity index (χ3v) is 1.46. The molecule has 0 aromatic heterocycles. The molecule has 1 aromatic rings. The van der Waals surface area contributed by atoms with Crippen LogP contribution in [0.5, 0.6) is 5.75 Å². The molecule has 15 heavy (non-hydrogen) atoms. The van der Waals surface area contributed by atoms with Crippen molar-refractivity contribution in [2.24, 2.45) is 0 Å². The highest BCUT2D eigenvalue weighted by molar-refractivity contribution is 7.80. The first-order chi connectivity index (χ1) is 6.95. The molecule has 0 aliphatic carbocycles. The first kappa shape index (κ1) is 13.4. The quantitative estimate of drug-likeness (QED) is 0.580. The summed E-state index contributed by atoms with van der Waals surface area (Å²) in [4.78, 5) is 0. The number of benzene rings is 1. The summed E-state index contributed by atoms with van der Waals surface area (Å²) in [6, 6.07) is 8.71. The van der Waals surface area contributed by atoms with E-state index in [2.05, 4.69) is 10.6 Å². The monoisotopic (exact) mass is 230 g/mol. The van der Waals surface area contributed by atoms with Gasteiger partial charge in [0.05, 0.1) is 0 Å². The van der Waals surface area contributed by atoms with Gasteiger partial charge in [-0.25, -0.2) is 4.18 Å². The summed E-state index contributed by atoms with van der Waals surface area (Å²) in [5.41, 5.74) is 0. The molecule has 0 atom stereocenters. The lowest BCUT2D eigenvalue weighted by Gasteiger charge is -1.88. The average molecular weight is 230 g/mol. The Hall–Kier alpha value is -1.55. The van der Waals surface area contributed by atoms with Gasteiger partial charge in [-0.2, -0.15) is 8.42 Å². The van der Waals surface area contributed by atoms with Crippen LogP contribution in [0.4, 0.5) is 0 Å². The molecule has 0 aliphatic rings. The summed E-state index contributed by atoms with van der Waals surface area (Å²) in [6.45, 7) is -0.432. The van der Waals surface area contributed by atoms with Gasteiger partial charge in [0.1, 0.15) is 12.4 Å². The minimum atomic E-state index is -4.33. The molecule has 0 saturated carbocycles. The third kappa shape index (κ3) is 10.4. The molecule has 0 saturated heterocycles. The molecule has 0 aliphatic heterocycles.